The number of epoxide rings is 2. The molecule has 4 fully saturated rings. The van der Waals surface area contributed by atoms with Crippen LogP contribution in [0.3, 0.4) is 0 Å². The van der Waals surface area contributed by atoms with Gasteiger partial charge >= 0.3 is 5.97 Å². The molecular weight excluding hydrogens is 260 g/mol. The standard InChI is InChI=1S/C15H20O5/c1-7-8-6-9(16)15(3)10(19-15)4-5-14(2)12(20-14)11(8)18-13(7)17/h8-12,16H,1,4-6H2,2-3H3/t8?,9-,10?,11-,12+,14+,15+/m0/s1. The van der Waals surface area contributed by atoms with Crippen molar-refractivity contribution in [2.75, 3.05) is 0 Å². The summed E-state index contributed by atoms with van der Waals surface area (Å²) in [7, 11) is 0. The Labute approximate surface area is 117 Å². The van der Waals surface area contributed by atoms with E-state index in [-0.39, 0.29) is 35.8 Å². The zero-order valence-corrected chi connectivity index (χ0v) is 11.8. The highest BCUT2D eigenvalue weighted by atomic mass is 16.7. The van der Waals surface area contributed by atoms with Crippen LogP contribution in [-0.2, 0) is 19.0 Å². The van der Waals surface area contributed by atoms with Gasteiger partial charge in [-0.3, -0.25) is 0 Å². The molecule has 4 rings (SSSR count). The van der Waals surface area contributed by atoms with Crippen molar-refractivity contribution in [2.24, 2.45) is 5.92 Å². The fourth-order valence-electron chi connectivity index (χ4n) is 3.86. The predicted octanol–water partition coefficient (Wildman–Crippen LogP) is 0.944. The summed E-state index contributed by atoms with van der Waals surface area (Å²) in [5.41, 5.74) is -0.273. The SMILES string of the molecule is C=C1C(=O)O[C@H]2C1C[C@H](O)[C@@]1(C)OC1CC[C@@]1(C)O[C@H]21. The second-order valence-electron chi connectivity index (χ2n) is 6.93. The second kappa shape index (κ2) is 3.64. The minimum absolute atomic E-state index is 0.0778. The molecule has 1 aliphatic carbocycles. The van der Waals surface area contributed by atoms with Gasteiger partial charge in [-0.1, -0.05) is 6.58 Å². The Hall–Kier alpha value is -0.910. The molecule has 7 atom stereocenters. The van der Waals surface area contributed by atoms with Gasteiger partial charge in [-0.2, -0.15) is 0 Å². The zero-order chi connectivity index (χ0) is 14.3. The molecule has 5 nitrogen and oxygen atoms in total. The number of aliphatic hydroxyl groups excluding tert-OH is 1. The van der Waals surface area contributed by atoms with Crippen molar-refractivity contribution in [3.8, 4) is 0 Å². The third kappa shape index (κ3) is 1.57. The van der Waals surface area contributed by atoms with Crippen molar-refractivity contribution in [1.29, 1.82) is 0 Å². The topological polar surface area (TPSA) is 71.6 Å². The third-order valence-electron chi connectivity index (χ3n) is 5.61. The molecule has 5 heteroatoms. The molecule has 0 aromatic rings. The predicted molar refractivity (Wildman–Crippen MR) is 68.9 cm³/mol. The number of fused-ring (bicyclic) bond motifs is 4. The van der Waals surface area contributed by atoms with E-state index < -0.39 is 11.7 Å². The van der Waals surface area contributed by atoms with Gasteiger partial charge in [0.25, 0.3) is 0 Å². The second-order valence-corrected chi connectivity index (χ2v) is 6.93. The summed E-state index contributed by atoms with van der Waals surface area (Å²) in [6.45, 7) is 7.83. The van der Waals surface area contributed by atoms with Crippen molar-refractivity contribution in [3.63, 3.8) is 0 Å². The molecule has 0 radical (unpaired) electrons. The molecule has 1 saturated carbocycles. The maximum absolute atomic E-state index is 11.8. The van der Waals surface area contributed by atoms with Gasteiger partial charge in [0.15, 0.2) is 0 Å². The van der Waals surface area contributed by atoms with Crippen LogP contribution in [0, 0.1) is 5.92 Å². The van der Waals surface area contributed by atoms with Crippen LogP contribution in [0.2, 0.25) is 0 Å². The van der Waals surface area contributed by atoms with Crippen LogP contribution in [-0.4, -0.2) is 46.7 Å². The number of esters is 1. The van der Waals surface area contributed by atoms with E-state index in [1.807, 2.05) is 6.92 Å². The number of carbonyl (C=O) groups is 1. The summed E-state index contributed by atoms with van der Waals surface area (Å²) >= 11 is 0. The Balaban J connectivity index is 1.66. The monoisotopic (exact) mass is 280 g/mol. The molecule has 0 aromatic carbocycles. The van der Waals surface area contributed by atoms with E-state index in [0.29, 0.717) is 12.0 Å². The van der Waals surface area contributed by atoms with Gasteiger partial charge in [-0.05, 0) is 33.1 Å². The van der Waals surface area contributed by atoms with Crippen molar-refractivity contribution in [3.05, 3.63) is 12.2 Å². The molecule has 110 valence electrons. The quantitative estimate of drug-likeness (QED) is 0.406. The largest absolute Gasteiger partial charge is 0.455 e. The Morgan fingerprint density at radius 2 is 2.10 bits per heavy atom. The van der Waals surface area contributed by atoms with Crippen LogP contribution in [0.4, 0.5) is 0 Å². The Kier molecular flexibility index (Phi) is 2.33. The zero-order valence-electron chi connectivity index (χ0n) is 11.8. The van der Waals surface area contributed by atoms with Crippen LogP contribution in [0.15, 0.2) is 12.2 Å². The number of ether oxygens (including phenoxy) is 3. The Morgan fingerprint density at radius 1 is 1.35 bits per heavy atom. The summed E-state index contributed by atoms with van der Waals surface area (Å²) in [5, 5.41) is 10.4. The van der Waals surface area contributed by atoms with E-state index >= 15 is 0 Å². The van der Waals surface area contributed by atoms with Gasteiger partial charge < -0.3 is 19.3 Å². The van der Waals surface area contributed by atoms with E-state index in [1.54, 1.807) is 0 Å². The van der Waals surface area contributed by atoms with Crippen LogP contribution in [0.1, 0.15) is 33.1 Å². The smallest absolute Gasteiger partial charge is 0.334 e. The number of rotatable bonds is 0. The Bertz CT molecular complexity index is 502. The first-order valence-corrected chi connectivity index (χ1v) is 7.29. The van der Waals surface area contributed by atoms with Gasteiger partial charge in [0.1, 0.15) is 17.8 Å². The molecule has 0 spiro atoms. The molecule has 3 heterocycles. The molecule has 20 heavy (non-hydrogen) atoms. The summed E-state index contributed by atoms with van der Waals surface area (Å²) in [6, 6.07) is 0. The lowest BCUT2D eigenvalue weighted by atomic mass is 9.80. The third-order valence-corrected chi connectivity index (χ3v) is 5.61. The first-order chi connectivity index (χ1) is 9.35. The average Bonchev–Trinajstić information content (AvgIpc) is 3.23. The maximum Gasteiger partial charge on any atom is 0.334 e. The molecular formula is C15H20O5. The van der Waals surface area contributed by atoms with Gasteiger partial charge in [-0.15, -0.1) is 0 Å². The Morgan fingerprint density at radius 3 is 2.85 bits per heavy atom. The fourth-order valence-corrected chi connectivity index (χ4v) is 3.86. The van der Waals surface area contributed by atoms with Gasteiger partial charge in [0, 0.05) is 11.5 Å². The molecule has 2 unspecified atom stereocenters. The number of hydrogen-bond donors (Lipinski definition) is 1. The van der Waals surface area contributed by atoms with Crippen LogP contribution < -0.4 is 0 Å². The number of hydrogen-bond acceptors (Lipinski definition) is 5. The maximum atomic E-state index is 11.8. The molecule has 0 aromatic heterocycles. The molecule has 3 saturated heterocycles. The van der Waals surface area contributed by atoms with E-state index in [0.717, 1.165) is 12.8 Å². The van der Waals surface area contributed by atoms with Gasteiger partial charge in [0.2, 0.25) is 0 Å². The summed E-state index contributed by atoms with van der Waals surface area (Å²) in [6.07, 6.45) is 1.26. The van der Waals surface area contributed by atoms with Crippen molar-refractivity contribution in [2.45, 2.75) is 68.7 Å². The fraction of sp³-hybridized carbons (Fsp3) is 0.800. The highest BCUT2D eigenvalue weighted by Gasteiger charge is 2.66. The minimum Gasteiger partial charge on any atom is -0.455 e. The lowest BCUT2D eigenvalue weighted by Crippen LogP contribution is -2.37. The lowest BCUT2D eigenvalue weighted by Gasteiger charge is -2.24. The summed E-state index contributed by atoms with van der Waals surface area (Å²) in [5.74, 6) is -0.535. The minimum atomic E-state index is -0.602. The molecule has 4 aliphatic rings. The van der Waals surface area contributed by atoms with Gasteiger partial charge in [-0.25, -0.2) is 4.79 Å². The molecule has 1 N–H and O–H groups in total. The van der Waals surface area contributed by atoms with E-state index in [9.17, 15) is 9.90 Å². The van der Waals surface area contributed by atoms with Crippen molar-refractivity contribution < 1.29 is 24.1 Å². The molecule has 0 amide bonds. The van der Waals surface area contributed by atoms with E-state index in [2.05, 4.69) is 13.5 Å². The number of carbonyl (C=O) groups excluding carboxylic acids is 1. The first-order valence-electron chi connectivity index (χ1n) is 7.29. The normalized spacial score (nSPS) is 57.2. The average molecular weight is 280 g/mol. The highest BCUT2D eigenvalue weighted by Crippen LogP contribution is 2.54. The van der Waals surface area contributed by atoms with Crippen LogP contribution in [0.25, 0.3) is 0 Å². The molecule has 3 aliphatic heterocycles. The lowest BCUT2D eigenvalue weighted by molar-refractivity contribution is -0.140. The van der Waals surface area contributed by atoms with Crippen LogP contribution >= 0.6 is 0 Å². The van der Waals surface area contributed by atoms with Crippen molar-refractivity contribution in [1.82, 2.24) is 0 Å². The summed E-state index contributed by atoms with van der Waals surface area (Å²) in [4.78, 5) is 11.8. The molecule has 0 bridgehead atoms. The highest BCUT2D eigenvalue weighted by molar-refractivity contribution is 5.91. The number of aliphatic hydroxyl groups is 1. The van der Waals surface area contributed by atoms with Gasteiger partial charge in [0.05, 0.1) is 17.8 Å². The summed E-state index contributed by atoms with van der Waals surface area (Å²) < 4.78 is 17.0. The van der Waals surface area contributed by atoms with E-state index in [4.69, 9.17) is 14.2 Å². The van der Waals surface area contributed by atoms with Crippen molar-refractivity contribution >= 4 is 5.97 Å². The first kappa shape index (κ1) is 12.8. The van der Waals surface area contributed by atoms with E-state index in [1.165, 1.54) is 0 Å². The van der Waals surface area contributed by atoms with Crippen LogP contribution in [0.5, 0.6) is 0 Å².